The van der Waals surface area contributed by atoms with Crippen molar-refractivity contribution in [2.24, 2.45) is 0 Å². The van der Waals surface area contributed by atoms with Gasteiger partial charge in [0.05, 0.1) is 21.2 Å². The van der Waals surface area contributed by atoms with Gasteiger partial charge in [0.15, 0.2) is 0 Å². The molecule has 1 aromatic carbocycles. The molecule has 8 heteroatoms. The second-order valence-electron chi connectivity index (χ2n) is 5.37. The zero-order valence-electron chi connectivity index (χ0n) is 12.1. The fourth-order valence-electron chi connectivity index (χ4n) is 2.61. The normalized spacial score (nSPS) is 15.7. The maximum atomic E-state index is 12.3. The molecule has 1 fully saturated rings. The highest BCUT2D eigenvalue weighted by atomic mass is 32.2. The lowest BCUT2D eigenvalue weighted by Gasteiger charge is -2.40. The van der Waals surface area contributed by atoms with E-state index >= 15 is 0 Å². The summed E-state index contributed by atoms with van der Waals surface area (Å²) in [5, 5.41) is 1.98. The average molecular weight is 346 g/mol. The van der Waals surface area contributed by atoms with Gasteiger partial charge >= 0.3 is 0 Å². The Morgan fingerprint density at radius 2 is 1.91 bits per heavy atom. The van der Waals surface area contributed by atoms with E-state index in [1.54, 1.807) is 48.0 Å². The molecule has 1 aliphatic heterocycles. The van der Waals surface area contributed by atoms with Crippen LogP contribution in [0.1, 0.15) is 0 Å². The topological polar surface area (TPSA) is 75.2 Å². The number of nitrogens with one attached hydrogen (secondary N) is 1. The van der Waals surface area contributed by atoms with Crippen molar-refractivity contribution in [3.05, 3.63) is 48.1 Å². The minimum absolute atomic E-state index is 0.106. The number of aromatic nitrogens is 2. The molecule has 1 aliphatic rings. The Morgan fingerprint density at radius 3 is 2.70 bits per heavy atom. The van der Waals surface area contributed by atoms with E-state index in [2.05, 4.69) is 19.6 Å². The molecule has 4 rings (SSSR count). The van der Waals surface area contributed by atoms with Gasteiger partial charge in [-0.2, -0.15) is 0 Å². The third-order valence-corrected chi connectivity index (χ3v) is 6.22. The molecule has 0 aliphatic carbocycles. The molecule has 2 aromatic heterocycles. The van der Waals surface area contributed by atoms with E-state index in [0.29, 0.717) is 18.0 Å². The van der Waals surface area contributed by atoms with E-state index < -0.39 is 10.0 Å². The summed E-state index contributed by atoms with van der Waals surface area (Å²) in [6, 6.07) is 10.3. The number of anilines is 1. The van der Waals surface area contributed by atoms with E-state index in [9.17, 15) is 8.42 Å². The SMILES string of the molecule is O=S(=O)(NC1CN(c2ncnc3ccsc23)C1)c1ccccc1. The number of hydrogen-bond acceptors (Lipinski definition) is 6. The number of rotatable bonds is 4. The van der Waals surface area contributed by atoms with E-state index in [1.165, 1.54) is 0 Å². The number of fused-ring (bicyclic) bond motifs is 1. The fourth-order valence-corrected chi connectivity index (χ4v) is 4.72. The first-order chi connectivity index (χ1) is 11.1. The van der Waals surface area contributed by atoms with Gasteiger partial charge in [0.1, 0.15) is 12.1 Å². The van der Waals surface area contributed by atoms with Crippen LogP contribution in [0.2, 0.25) is 0 Å². The summed E-state index contributed by atoms with van der Waals surface area (Å²) in [5.74, 6) is 0.875. The highest BCUT2D eigenvalue weighted by Gasteiger charge is 2.32. The van der Waals surface area contributed by atoms with Gasteiger partial charge in [-0.15, -0.1) is 11.3 Å². The first kappa shape index (κ1) is 14.6. The third kappa shape index (κ3) is 2.69. The molecular formula is C15H14N4O2S2. The molecule has 0 amide bonds. The van der Waals surface area contributed by atoms with E-state index in [4.69, 9.17) is 0 Å². The van der Waals surface area contributed by atoms with Crippen LogP contribution < -0.4 is 9.62 Å². The van der Waals surface area contributed by atoms with Crippen LogP contribution in [-0.2, 0) is 10.0 Å². The average Bonchev–Trinajstić information content (AvgIpc) is 3.00. The van der Waals surface area contributed by atoms with Crippen LogP contribution in [0.4, 0.5) is 5.82 Å². The van der Waals surface area contributed by atoms with Gasteiger partial charge in [0.2, 0.25) is 10.0 Å². The summed E-state index contributed by atoms with van der Waals surface area (Å²) in [4.78, 5) is 10.9. The van der Waals surface area contributed by atoms with Crippen molar-refractivity contribution in [2.45, 2.75) is 10.9 Å². The molecular weight excluding hydrogens is 332 g/mol. The Balaban J connectivity index is 1.47. The quantitative estimate of drug-likeness (QED) is 0.780. The van der Waals surface area contributed by atoms with E-state index in [0.717, 1.165) is 16.0 Å². The molecule has 118 valence electrons. The van der Waals surface area contributed by atoms with E-state index in [1.807, 2.05) is 11.4 Å². The Labute approximate surface area is 137 Å². The van der Waals surface area contributed by atoms with Gasteiger partial charge in [-0.05, 0) is 23.6 Å². The van der Waals surface area contributed by atoms with Crippen LogP contribution in [0.25, 0.3) is 10.2 Å². The number of nitrogens with zero attached hydrogens (tertiary/aromatic N) is 3. The number of hydrogen-bond donors (Lipinski definition) is 1. The molecule has 0 radical (unpaired) electrons. The summed E-state index contributed by atoms with van der Waals surface area (Å²) >= 11 is 1.60. The van der Waals surface area contributed by atoms with Crippen LogP contribution in [-0.4, -0.2) is 37.5 Å². The van der Waals surface area contributed by atoms with Crippen LogP contribution in [0.5, 0.6) is 0 Å². The summed E-state index contributed by atoms with van der Waals surface area (Å²) in [6.07, 6.45) is 1.55. The van der Waals surface area contributed by atoms with Crippen LogP contribution >= 0.6 is 11.3 Å². The van der Waals surface area contributed by atoms with Crippen molar-refractivity contribution >= 4 is 37.4 Å². The standard InChI is InChI=1S/C15H14N4O2S2/c20-23(21,12-4-2-1-3-5-12)18-11-8-19(9-11)15-14-13(6-7-22-14)16-10-17-15/h1-7,10-11,18H,8-9H2. The second-order valence-corrected chi connectivity index (χ2v) is 8.00. The monoisotopic (exact) mass is 346 g/mol. The van der Waals surface area contributed by atoms with Gasteiger partial charge < -0.3 is 4.90 Å². The summed E-state index contributed by atoms with van der Waals surface area (Å²) in [7, 11) is -3.46. The Bertz CT molecular complexity index is 934. The summed E-state index contributed by atoms with van der Waals surface area (Å²) in [5.41, 5.74) is 0.924. The molecule has 1 N–H and O–H groups in total. The lowest BCUT2D eigenvalue weighted by molar-refractivity contribution is 0.467. The summed E-state index contributed by atoms with van der Waals surface area (Å²) < 4.78 is 28.4. The van der Waals surface area contributed by atoms with Crippen LogP contribution in [0.3, 0.4) is 0 Å². The van der Waals surface area contributed by atoms with Crippen molar-refractivity contribution < 1.29 is 8.42 Å². The number of sulfonamides is 1. The van der Waals surface area contributed by atoms with Crippen molar-refractivity contribution in [2.75, 3.05) is 18.0 Å². The van der Waals surface area contributed by atoms with Gasteiger partial charge in [-0.1, -0.05) is 18.2 Å². The maximum Gasteiger partial charge on any atom is 0.240 e. The lowest BCUT2D eigenvalue weighted by Crippen LogP contribution is -2.59. The van der Waals surface area contributed by atoms with Gasteiger partial charge in [0, 0.05) is 13.1 Å². The molecule has 23 heavy (non-hydrogen) atoms. The summed E-state index contributed by atoms with van der Waals surface area (Å²) in [6.45, 7) is 1.21. The van der Waals surface area contributed by atoms with Gasteiger partial charge in [-0.25, -0.2) is 23.1 Å². The van der Waals surface area contributed by atoms with Crippen molar-refractivity contribution in [3.8, 4) is 0 Å². The van der Waals surface area contributed by atoms with Crippen LogP contribution in [0.15, 0.2) is 53.0 Å². The second kappa shape index (κ2) is 5.55. The molecule has 0 saturated carbocycles. The molecule has 0 bridgehead atoms. The van der Waals surface area contributed by atoms with Crippen molar-refractivity contribution in [1.29, 1.82) is 0 Å². The van der Waals surface area contributed by atoms with Gasteiger partial charge in [0.25, 0.3) is 0 Å². The van der Waals surface area contributed by atoms with Crippen LogP contribution in [0, 0.1) is 0 Å². The molecule has 0 atom stereocenters. The Hall–Kier alpha value is -2.03. The first-order valence-electron chi connectivity index (χ1n) is 7.14. The molecule has 3 heterocycles. The number of thiophene rings is 1. The minimum Gasteiger partial charge on any atom is -0.352 e. The minimum atomic E-state index is -3.46. The van der Waals surface area contributed by atoms with E-state index in [-0.39, 0.29) is 6.04 Å². The van der Waals surface area contributed by atoms with Crippen molar-refractivity contribution in [1.82, 2.24) is 14.7 Å². The zero-order chi connectivity index (χ0) is 15.9. The molecule has 3 aromatic rings. The smallest absolute Gasteiger partial charge is 0.240 e. The Kier molecular flexibility index (Phi) is 3.51. The largest absolute Gasteiger partial charge is 0.352 e. The highest BCUT2D eigenvalue weighted by molar-refractivity contribution is 7.89. The highest BCUT2D eigenvalue weighted by Crippen LogP contribution is 2.30. The number of benzene rings is 1. The molecule has 6 nitrogen and oxygen atoms in total. The molecule has 0 spiro atoms. The third-order valence-electron chi connectivity index (χ3n) is 3.78. The molecule has 0 unspecified atom stereocenters. The fraction of sp³-hybridized carbons (Fsp3) is 0.200. The zero-order valence-corrected chi connectivity index (χ0v) is 13.7. The predicted molar refractivity (Wildman–Crippen MR) is 90.2 cm³/mol. The first-order valence-corrected chi connectivity index (χ1v) is 9.50. The lowest BCUT2D eigenvalue weighted by atomic mass is 10.1. The van der Waals surface area contributed by atoms with Crippen molar-refractivity contribution in [3.63, 3.8) is 0 Å². The predicted octanol–water partition coefficient (Wildman–Crippen LogP) is 1.86. The maximum absolute atomic E-state index is 12.3. The molecule has 1 saturated heterocycles. The Morgan fingerprint density at radius 1 is 1.13 bits per heavy atom. The van der Waals surface area contributed by atoms with Gasteiger partial charge in [-0.3, -0.25) is 0 Å².